The van der Waals surface area contributed by atoms with Crippen molar-refractivity contribution in [3.8, 4) is 6.07 Å². The van der Waals surface area contributed by atoms with Gasteiger partial charge in [-0.05, 0) is 44.8 Å². The van der Waals surface area contributed by atoms with Crippen LogP contribution in [0.4, 0.5) is 0 Å². The lowest BCUT2D eigenvalue weighted by Crippen LogP contribution is -2.36. The van der Waals surface area contributed by atoms with E-state index < -0.39 is 0 Å². The minimum atomic E-state index is 0.267. The average Bonchev–Trinajstić information content (AvgIpc) is 2.94. The third-order valence-electron chi connectivity index (χ3n) is 4.17. The van der Waals surface area contributed by atoms with Crippen LogP contribution < -0.4 is 5.32 Å². The fourth-order valence-corrected chi connectivity index (χ4v) is 3.04. The molecule has 1 aliphatic carbocycles. The first-order valence-corrected chi connectivity index (χ1v) is 6.68. The van der Waals surface area contributed by atoms with Crippen molar-refractivity contribution in [1.82, 2.24) is 10.2 Å². The highest BCUT2D eigenvalue weighted by Crippen LogP contribution is 2.25. The number of nitrogens with zero attached hydrogens (tertiary/aromatic N) is 2. The molecular formula is C13H23N3. The number of nitrogens with one attached hydrogen (secondary N) is 1. The second-order valence-electron chi connectivity index (χ2n) is 5.23. The Morgan fingerprint density at radius 1 is 1.38 bits per heavy atom. The zero-order valence-electron chi connectivity index (χ0n) is 10.3. The summed E-state index contributed by atoms with van der Waals surface area (Å²) in [7, 11) is 0. The molecular weight excluding hydrogens is 198 g/mol. The third-order valence-corrected chi connectivity index (χ3v) is 4.17. The van der Waals surface area contributed by atoms with Crippen LogP contribution in [0.3, 0.4) is 0 Å². The molecule has 0 spiro atoms. The molecule has 0 aromatic heterocycles. The van der Waals surface area contributed by atoms with Gasteiger partial charge in [-0.25, -0.2) is 0 Å². The van der Waals surface area contributed by atoms with E-state index in [-0.39, 0.29) is 5.92 Å². The van der Waals surface area contributed by atoms with E-state index >= 15 is 0 Å². The molecule has 0 amide bonds. The molecule has 3 heteroatoms. The topological polar surface area (TPSA) is 39.1 Å². The smallest absolute Gasteiger partial charge is 0.0672 e. The number of rotatable bonds is 4. The molecule has 3 nitrogen and oxygen atoms in total. The largest absolute Gasteiger partial charge is 0.312 e. The highest BCUT2D eigenvalue weighted by Gasteiger charge is 2.28. The number of likely N-dealkylation sites (tertiary alicyclic amines) is 1. The second kappa shape index (κ2) is 5.65. The van der Waals surface area contributed by atoms with Gasteiger partial charge in [0, 0.05) is 12.6 Å². The molecule has 16 heavy (non-hydrogen) atoms. The Morgan fingerprint density at radius 2 is 2.25 bits per heavy atom. The van der Waals surface area contributed by atoms with Gasteiger partial charge in [0.2, 0.25) is 0 Å². The van der Waals surface area contributed by atoms with Gasteiger partial charge in [-0.15, -0.1) is 0 Å². The van der Waals surface area contributed by atoms with Crippen LogP contribution in [-0.4, -0.2) is 37.1 Å². The SMILES string of the molecule is CCN1CCC(CNC2CCCC2C#N)C1. The van der Waals surface area contributed by atoms with Crippen molar-refractivity contribution in [1.29, 1.82) is 5.26 Å². The van der Waals surface area contributed by atoms with Crippen LogP contribution in [-0.2, 0) is 0 Å². The van der Waals surface area contributed by atoms with Gasteiger partial charge in [0.15, 0.2) is 0 Å². The van der Waals surface area contributed by atoms with Crippen molar-refractivity contribution in [2.24, 2.45) is 11.8 Å². The predicted octanol–water partition coefficient (Wildman–Crippen LogP) is 1.61. The first-order chi connectivity index (χ1) is 7.83. The Bertz CT molecular complexity index is 258. The number of hydrogen-bond acceptors (Lipinski definition) is 3. The predicted molar refractivity (Wildman–Crippen MR) is 65.0 cm³/mol. The molecule has 2 fully saturated rings. The maximum absolute atomic E-state index is 9.01. The molecule has 3 unspecified atom stereocenters. The molecule has 2 aliphatic rings. The summed E-state index contributed by atoms with van der Waals surface area (Å²) in [6, 6.07) is 2.91. The van der Waals surface area contributed by atoms with Gasteiger partial charge in [-0.1, -0.05) is 13.3 Å². The Labute approximate surface area is 98.8 Å². The normalized spacial score (nSPS) is 35.4. The van der Waals surface area contributed by atoms with Crippen LogP contribution in [0.1, 0.15) is 32.6 Å². The quantitative estimate of drug-likeness (QED) is 0.784. The van der Waals surface area contributed by atoms with E-state index in [4.69, 9.17) is 5.26 Å². The minimum Gasteiger partial charge on any atom is -0.312 e. The van der Waals surface area contributed by atoms with Crippen LogP contribution in [0.15, 0.2) is 0 Å². The van der Waals surface area contributed by atoms with Crippen molar-refractivity contribution in [3.63, 3.8) is 0 Å². The Balaban J connectivity index is 1.70. The van der Waals surface area contributed by atoms with Crippen LogP contribution in [0, 0.1) is 23.2 Å². The van der Waals surface area contributed by atoms with Gasteiger partial charge in [-0.3, -0.25) is 0 Å². The summed E-state index contributed by atoms with van der Waals surface area (Å²) in [5.74, 6) is 1.07. The first kappa shape index (κ1) is 11.9. The number of nitriles is 1. The van der Waals surface area contributed by atoms with Gasteiger partial charge in [0.05, 0.1) is 12.0 Å². The standard InChI is InChI=1S/C13H23N3/c1-2-16-7-6-11(10-16)9-15-13-5-3-4-12(13)8-14/h11-13,15H,2-7,9-10H2,1H3. The van der Waals surface area contributed by atoms with E-state index in [0.29, 0.717) is 6.04 Å². The van der Waals surface area contributed by atoms with Gasteiger partial charge < -0.3 is 10.2 Å². The van der Waals surface area contributed by atoms with Crippen LogP contribution in [0.25, 0.3) is 0 Å². The molecule has 0 aromatic carbocycles. The fourth-order valence-electron chi connectivity index (χ4n) is 3.04. The summed E-state index contributed by atoms with van der Waals surface area (Å²) < 4.78 is 0. The fraction of sp³-hybridized carbons (Fsp3) is 0.923. The number of hydrogen-bond donors (Lipinski definition) is 1. The zero-order valence-corrected chi connectivity index (χ0v) is 10.3. The molecule has 1 aliphatic heterocycles. The average molecular weight is 221 g/mol. The summed E-state index contributed by atoms with van der Waals surface area (Å²) >= 11 is 0. The minimum absolute atomic E-state index is 0.267. The van der Waals surface area contributed by atoms with Crippen molar-refractivity contribution in [2.75, 3.05) is 26.2 Å². The van der Waals surface area contributed by atoms with E-state index in [1.165, 1.54) is 38.9 Å². The highest BCUT2D eigenvalue weighted by atomic mass is 15.1. The molecule has 1 saturated carbocycles. The summed E-state index contributed by atoms with van der Waals surface area (Å²) in [6.07, 6.45) is 4.84. The second-order valence-corrected chi connectivity index (χ2v) is 5.23. The molecule has 3 atom stereocenters. The molecule has 90 valence electrons. The van der Waals surface area contributed by atoms with Crippen LogP contribution in [0.2, 0.25) is 0 Å². The third kappa shape index (κ3) is 2.75. The molecule has 0 aromatic rings. The van der Waals surface area contributed by atoms with Gasteiger partial charge in [0.25, 0.3) is 0 Å². The lowest BCUT2D eigenvalue weighted by molar-refractivity contribution is 0.332. The summed E-state index contributed by atoms with van der Waals surface area (Å²) in [5.41, 5.74) is 0. The van der Waals surface area contributed by atoms with Crippen molar-refractivity contribution in [3.05, 3.63) is 0 Å². The lowest BCUT2D eigenvalue weighted by Gasteiger charge is -2.19. The maximum atomic E-state index is 9.01. The molecule has 0 radical (unpaired) electrons. The van der Waals surface area contributed by atoms with E-state index in [0.717, 1.165) is 18.9 Å². The van der Waals surface area contributed by atoms with Crippen LogP contribution in [0.5, 0.6) is 0 Å². The van der Waals surface area contributed by atoms with Crippen molar-refractivity contribution in [2.45, 2.75) is 38.6 Å². The van der Waals surface area contributed by atoms with Gasteiger partial charge in [-0.2, -0.15) is 5.26 Å². The molecule has 0 bridgehead atoms. The maximum Gasteiger partial charge on any atom is 0.0672 e. The Hall–Kier alpha value is -0.590. The van der Waals surface area contributed by atoms with Crippen molar-refractivity contribution >= 4 is 0 Å². The van der Waals surface area contributed by atoms with Gasteiger partial charge in [0.1, 0.15) is 0 Å². The summed E-state index contributed by atoms with van der Waals surface area (Å²) in [4.78, 5) is 2.52. The monoisotopic (exact) mass is 221 g/mol. The lowest BCUT2D eigenvalue weighted by atomic mass is 10.0. The Morgan fingerprint density at radius 3 is 2.94 bits per heavy atom. The summed E-state index contributed by atoms with van der Waals surface area (Å²) in [6.45, 7) is 7.03. The zero-order chi connectivity index (χ0) is 11.4. The molecule has 1 saturated heterocycles. The van der Waals surface area contributed by atoms with Crippen LogP contribution >= 0.6 is 0 Å². The molecule has 1 heterocycles. The van der Waals surface area contributed by atoms with Crippen molar-refractivity contribution < 1.29 is 0 Å². The Kier molecular flexibility index (Phi) is 4.20. The first-order valence-electron chi connectivity index (χ1n) is 6.68. The van der Waals surface area contributed by atoms with E-state index in [1.54, 1.807) is 0 Å². The highest BCUT2D eigenvalue weighted by molar-refractivity contribution is 4.96. The van der Waals surface area contributed by atoms with E-state index in [1.807, 2.05) is 0 Å². The van der Waals surface area contributed by atoms with E-state index in [2.05, 4.69) is 23.2 Å². The molecule has 2 rings (SSSR count). The van der Waals surface area contributed by atoms with E-state index in [9.17, 15) is 0 Å². The van der Waals surface area contributed by atoms with Gasteiger partial charge >= 0.3 is 0 Å². The summed E-state index contributed by atoms with van der Waals surface area (Å²) in [5, 5.41) is 12.6. The molecule has 1 N–H and O–H groups in total.